The summed E-state index contributed by atoms with van der Waals surface area (Å²) in [4.78, 5) is 154. The predicted octanol–water partition coefficient (Wildman–Crippen LogP) is -2.95. The van der Waals surface area contributed by atoms with Gasteiger partial charge in [0.15, 0.2) is 5.96 Å². The van der Waals surface area contributed by atoms with Gasteiger partial charge in [-0.15, -0.1) is 0 Å². The lowest BCUT2D eigenvalue weighted by molar-refractivity contribution is -0.142. The summed E-state index contributed by atoms with van der Waals surface area (Å²) in [6, 6.07) is 2.29. The van der Waals surface area contributed by atoms with Crippen LogP contribution in [0.4, 0.5) is 0 Å². The molecule has 1 aromatic heterocycles. The number of aliphatic hydroxyl groups excluding tert-OH is 1. The Bertz CT molecular complexity index is 2890. The molecule has 0 saturated carbocycles. The average Bonchev–Trinajstić information content (AvgIpc) is 4.49. The number of aromatic nitrogens is 1. The van der Waals surface area contributed by atoms with Crippen molar-refractivity contribution in [3.63, 3.8) is 0 Å². The van der Waals surface area contributed by atoms with E-state index in [9.17, 15) is 58.2 Å². The van der Waals surface area contributed by atoms with E-state index in [-0.39, 0.29) is 93.9 Å². The van der Waals surface area contributed by atoms with Gasteiger partial charge in [-0.1, -0.05) is 44.2 Å². The van der Waals surface area contributed by atoms with Gasteiger partial charge < -0.3 is 79.4 Å². The molecule has 28 nitrogen and oxygen atoms in total. The number of aromatic hydroxyl groups is 1. The van der Waals surface area contributed by atoms with Crippen LogP contribution in [-0.4, -0.2) is 185 Å². The molecule has 0 spiro atoms. The Morgan fingerprint density at radius 1 is 0.783 bits per heavy atom. The molecular formula is C55H76N16O12. The molecule has 0 aliphatic carbocycles. The number of guanidine groups is 1. The highest BCUT2D eigenvalue weighted by Gasteiger charge is 2.39. The van der Waals surface area contributed by atoms with E-state index in [2.05, 4.69) is 67.8 Å². The lowest BCUT2D eigenvalue weighted by Crippen LogP contribution is -2.60. The van der Waals surface area contributed by atoms with Gasteiger partial charge in [-0.3, -0.25) is 57.9 Å². The lowest BCUT2D eigenvalue weighted by Gasteiger charge is -2.30. The van der Waals surface area contributed by atoms with Crippen molar-refractivity contribution < 1.29 is 58.2 Å². The molecule has 1 unspecified atom stereocenters. The number of likely N-dealkylation sites (N-methyl/N-ethyl adjacent to an activating group) is 1. The second kappa shape index (κ2) is 30.8. The minimum atomic E-state index is -1.74. The van der Waals surface area contributed by atoms with E-state index in [0.717, 1.165) is 5.52 Å². The number of hydrogen-bond acceptors (Lipinski definition) is 15. The third-order valence-corrected chi connectivity index (χ3v) is 14.1. The fourth-order valence-corrected chi connectivity index (χ4v) is 9.86. The number of fused-ring (bicyclic) bond motifs is 1. The molecule has 4 heterocycles. The van der Waals surface area contributed by atoms with Crippen molar-refractivity contribution in [3.05, 3.63) is 65.9 Å². The molecule has 3 aliphatic rings. The summed E-state index contributed by atoms with van der Waals surface area (Å²) in [6.45, 7) is 4.47. The Balaban J connectivity index is 1.16. The van der Waals surface area contributed by atoms with Gasteiger partial charge in [-0.2, -0.15) is 0 Å². The Labute approximate surface area is 479 Å². The van der Waals surface area contributed by atoms with Gasteiger partial charge in [0.2, 0.25) is 59.1 Å². The molecule has 0 radical (unpaired) electrons. The monoisotopic (exact) mass is 1150 g/mol. The van der Waals surface area contributed by atoms with Crippen LogP contribution in [0.3, 0.4) is 0 Å². The third-order valence-electron chi connectivity index (χ3n) is 14.1. The summed E-state index contributed by atoms with van der Waals surface area (Å²) < 4.78 is 0. The summed E-state index contributed by atoms with van der Waals surface area (Å²) in [5.41, 5.74) is 12.7. The van der Waals surface area contributed by atoms with Crippen molar-refractivity contribution in [1.82, 2.24) is 57.7 Å². The molecule has 448 valence electrons. The fourth-order valence-electron chi connectivity index (χ4n) is 9.86. The largest absolute Gasteiger partial charge is 0.508 e. The molecule has 3 aliphatic heterocycles. The number of carbonyl (C=O) groups is 10. The van der Waals surface area contributed by atoms with Crippen molar-refractivity contribution >= 4 is 88.5 Å². The maximum Gasteiger partial charge on any atom is 0.245 e. The molecular weight excluding hydrogens is 1080 g/mol. The number of para-hydroxylation sites is 1. The number of H-pyrrole nitrogens is 1. The minimum absolute atomic E-state index is 0.0740. The number of aliphatic imine (C=N–C) groups is 3. The number of benzene rings is 2. The number of aliphatic hydroxyl groups is 1. The van der Waals surface area contributed by atoms with Gasteiger partial charge in [0, 0.05) is 68.6 Å². The molecule has 83 heavy (non-hydrogen) atoms. The first-order valence-corrected chi connectivity index (χ1v) is 27.7. The average molecular weight is 1150 g/mol. The second-order valence-electron chi connectivity index (χ2n) is 20.9. The van der Waals surface area contributed by atoms with Gasteiger partial charge in [0.05, 0.1) is 19.2 Å². The highest BCUT2D eigenvalue weighted by Crippen LogP contribution is 2.22. The summed E-state index contributed by atoms with van der Waals surface area (Å²) in [5.74, 6) is -7.41. The Morgan fingerprint density at radius 2 is 1.46 bits per heavy atom. The molecule has 2 saturated heterocycles. The first-order chi connectivity index (χ1) is 39.7. The van der Waals surface area contributed by atoms with Crippen LogP contribution in [0, 0.1) is 5.92 Å². The predicted molar refractivity (Wildman–Crippen MR) is 305 cm³/mol. The number of nitrogens with one attached hydrogen (secondary N) is 10. The van der Waals surface area contributed by atoms with E-state index < -0.39 is 115 Å². The number of nitrogens with zero attached hydrogens (tertiary/aromatic N) is 4. The molecule has 2 aromatic carbocycles. The normalized spacial score (nSPS) is 18.4. The van der Waals surface area contributed by atoms with E-state index >= 15 is 0 Å². The summed E-state index contributed by atoms with van der Waals surface area (Å²) >= 11 is 0. The van der Waals surface area contributed by atoms with E-state index in [1.165, 1.54) is 41.7 Å². The Kier molecular flexibility index (Phi) is 23.4. The van der Waals surface area contributed by atoms with Crippen LogP contribution in [0.15, 0.2) is 69.7 Å². The number of carbonyl (C=O) groups excluding carboxylic acids is 10. The molecule has 3 aromatic rings. The fraction of sp³-hybridized carbons (Fsp3) is 0.509. The van der Waals surface area contributed by atoms with Gasteiger partial charge in [0.25, 0.3) is 0 Å². The topological polar surface area (TPSA) is 428 Å². The van der Waals surface area contributed by atoms with Gasteiger partial charge in [-0.25, -0.2) is 4.99 Å². The van der Waals surface area contributed by atoms with Gasteiger partial charge in [0.1, 0.15) is 60.4 Å². The van der Waals surface area contributed by atoms with Crippen LogP contribution in [0.5, 0.6) is 5.75 Å². The first kappa shape index (κ1) is 63.2. The number of nitrogens with two attached hydrogens (primary N) is 2. The van der Waals surface area contributed by atoms with E-state index in [1.807, 2.05) is 13.8 Å². The zero-order valence-corrected chi connectivity index (χ0v) is 46.7. The van der Waals surface area contributed by atoms with E-state index in [1.54, 1.807) is 37.4 Å². The SMILES string of the molecule is CCNC(=O)[C@@H]1CCCN1C(=O)[C@H](CCCN=C(N)N)NC(=O)[C@H](CC(C)C)NC(=O)CNC(=O)[C@H](Cc1ccc(O)cc1)NC(=O)[C@H](CO)NC(=O)[C@H](Cc1c[nH]c2ccccc12)NC(=O)[C@H](CC1C=NC=N1)NC(=O)[C@@H]1CCC(=O)N1. The lowest BCUT2D eigenvalue weighted by atomic mass is 10.0. The number of likely N-dealkylation sites (tertiary alicyclic amines) is 1. The van der Waals surface area contributed by atoms with Crippen molar-refractivity contribution in [2.45, 2.75) is 139 Å². The molecule has 9 atom stereocenters. The van der Waals surface area contributed by atoms with Crippen LogP contribution in [0.2, 0.25) is 0 Å². The highest BCUT2D eigenvalue weighted by atomic mass is 16.3. The molecule has 6 rings (SSSR count). The van der Waals surface area contributed by atoms with Crippen molar-refractivity contribution in [2.24, 2.45) is 32.4 Å². The zero-order valence-electron chi connectivity index (χ0n) is 46.7. The highest BCUT2D eigenvalue weighted by molar-refractivity contribution is 5.99. The molecule has 0 bridgehead atoms. The van der Waals surface area contributed by atoms with Gasteiger partial charge >= 0.3 is 0 Å². The van der Waals surface area contributed by atoms with Crippen LogP contribution in [0.1, 0.15) is 83.3 Å². The maximum absolute atomic E-state index is 14.4. The third kappa shape index (κ3) is 18.8. The number of amides is 10. The van der Waals surface area contributed by atoms with E-state index in [4.69, 9.17) is 11.5 Å². The zero-order chi connectivity index (χ0) is 60.2. The molecule has 16 N–H and O–H groups in total. The van der Waals surface area contributed by atoms with Crippen molar-refractivity contribution in [2.75, 3.05) is 32.8 Å². The molecule has 28 heteroatoms. The second-order valence-corrected chi connectivity index (χ2v) is 20.9. The summed E-state index contributed by atoms with van der Waals surface area (Å²) in [6.07, 6.45) is 5.74. The number of aromatic amines is 1. The molecule has 10 amide bonds. The summed E-state index contributed by atoms with van der Waals surface area (Å²) in [5, 5.41) is 45.0. The maximum atomic E-state index is 14.4. The van der Waals surface area contributed by atoms with Crippen LogP contribution < -0.4 is 59.3 Å². The number of rotatable bonds is 30. The number of phenols is 1. The van der Waals surface area contributed by atoms with Crippen molar-refractivity contribution in [3.8, 4) is 5.75 Å². The quantitative estimate of drug-likeness (QED) is 0.0181. The Morgan fingerprint density at radius 3 is 2.12 bits per heavy atom. The van der Waals surface area contributed by atoms with Crippen LogP contribution >= 0.6 is 0 Å². The first-order valence-electron chi connectivity index (χ1n) is 27.7. The number of hydrogen-bond donors (Lipinski definition) is 14. The number of phenolic OH excluding ortho intramolecular Hbond substituents is 1. The van der Waals surface area contributed by atoms with E-state index in [0.29, 0.717) is 35.9 Å². The van der Waals surface area contributed by atoms with Gasteiger partial charge in [-0.05, 0) is 80.7 Å². The molecule has 2 fully saturated rings. The Hall–Kier alpha value is -8.95. The standard InChI is InChI=1S/C55H76N16O12/c1-4-59-53(82)44-12-8-20-71(44)54(83)38(11-7-19-60-55(56)57)66-49(78)39(21-30(2)3)65-46(75)27-62-47(76)40(22-31-13-15-34(73)16-14-31)67-52(81)43(28-72)70-50(79)41(23-32-25-61-36-10-6-5-9-35(32)36)68-51(80)42(24-33-26-58-29-63-33)69-48(77)37-17-18-45(74)64-37/h5-6,9-10,13-16,25-26,29-30,33,37-44,61,72-73H,4,7-8,11-12,17-24,27-28H2,1-3H3,(H,59,82)(H,62,76)(H,64,74)(H,65,75)(H,66,78)(H,67,81)(H,68,80)(H,69,77)(H,70,79)(H4,56,57,60)/t33?,37-,38-,39-,40-,41-,42-,43-,44-/m0/s1. The van der Waals surface area contributed by atoms with Crippen molar-refractivity contribution in [1.29, 1.82) is 0 Å². The van der Waals surface area contributed by atoms with Crippen LogP contribution in [0.25, 0.3) is 10.9 Å². The summed E-state index contributed by atoms with van der Waals surface area (Å²) in [7, 11) is 0. The smallest absolute Gasteiger partial charge is 0.245 e. The van der Waals surface area contributed by atoms with Crippen LogP contribution in [-0.2, 0) is 60.8 Å². The minimum Gasteiger partial charge on any atom is -0.508 e.